The summed E-state index contributed by atoms with van der Waals surface area (Å²) in [6, 6.07) is 18.9. The highest BCUT2D eigenvalue weighted by molar-refractivity contribution is 5.36. The van der Waals surface area contributed by atoms with Crippen molar-refractivity contribution in [2.45, 2.75) is 32.4 Å². The fraction of sp³-hybridized carbons (Fsp3) is 0.333. The molecule has 2 rings (SSSR count). The van der Waals surface area contributed by atoms with Gasteiger partial charge in [0.1, 0.15) is 0 Å². The normalized spacial score (nSPS) is 13.9. The van der Waals surface area contributed by atoms with Crippen LogP contribution in [0, 0.1) is 6.92 Å². The first kappa shape index (κ1) is 14.8. The molecule has 2 unspecified atom stereocenters. The van der Waals surface area contributed by atoms with Crippen molar-refractivity contribution in [2.24, 2.45) is 0 Å². The van der Waals surface area contributed by atoms with Crippen LogP contribution >= 0.6 is 0 Å². The van der Waals surface area contributed by atoms with Crippen LogP contribution in [-0.4, -0.2) is 17.8 Å². The van der Waals surface area contributed by atoms with E-state index in [-0.39, 0.29) is 12.1 Å². The van der Waals surface area contributed by atoms with Crippen LogP contribution < -0.4 is 5.32 Å². The third-order valence-corrected chi connectivity index (χ3v) is 3.66. The van der Waals surface area contributed by atoms with Crippen LogP contribution in [0.1, 0.15) is 36.1 Å². The third kappa shape index (κ3) is 3.69. The topological polar surface area (TPSA) is 32.3 Å². The van der Waals surface area contributed by atoms with Gasteiger partial charge in [0.05, 0.1) is 12.1 Å². The number of hydrogen-bond donors (Lipinski definition) is 2. The lowest BCUT2D eigenvalue weighted by Gasteiger charge is -2.23. The van der Waals surface area contributed by atoms with Crippen molar-refractivity contribution in [3.05, 3.63) is 71.3 Å². The minimum Gasteiger partial charge on any atom is -0.392 e. The quantitative estimate of drug-likeness (QED) is 0.842. The maximum atomic E-state index is 9.81. The summed E-state index contributed by atoms with van der Waals surface area (Å²) in [5.41, 5.74) is 3.76. The molecule has 2 atom stereocenters. The molecule has 2 nitrogen and oxygen atoms in total. The summed E-state index contributed by atoms with van der Waals surface area (Å²) in [6.45, 7) is 4.73. The predicted molar refractivity (Wildman–Crippen MR) is 83.8 cm³/mol. The van der Waals surface area contributed by atoms with Crippen LogP contribution in [0.25, 0.3) is 0 Å². The van der Waals surface area contributed by atoms with E-state index < -0.39 is 0 Å². The van der Waals surface area contributed by atoms with Crippen LogP contribution in [0.2, 0.25) is 0 Å². The van der Waals surface area contributed by atoms with Gasteiger partial charge in [-0.15, -0.1) is 0 Å². The van der Waals surface area contributed by atoms with Gasteiger partial charge < -0.3 is 10.4 Å². The Balaban J connectivity index is 2.27. The zero-order valence-electron chi connectivity index (χ0n) is 12.2. The first-order valence-electron chi connectivity index (χ1n) is 7.24. The monoisotopic (exact) mass is 269 g/mol. The van der Waals surface area contributed by atoms with E-state index in [1.54, 1.807) is 0 Å². The highest BCUT2D eigenvalue weighted by Crippen LogP contribution is 2.24. The largest absolute Gasteiger partial charge is 0.392 e. The minimum absolute atomic E-state index is 0.124. The van der Waals surface area contributed by atoms with E-state index >= 15 is 0 Å². The van der Waals surface area contributed by atoms with Gasteiger partial charge >= 0.3 is 0 Å². The number of hydrogen-bond acceptors (Lipinski definition) is 2. The zero-order valence-corrected chi connectivity index (χ0v) is 12.2. The van der Waals surface area contributed by atoms with Crippen molar-refractivity contribution in [1.29, 1.82) is 0 Å². The molecular weight excluding hydrogens is 246 g/mol. The molecule has 0 heterocycles. The van der Waals surface area contributed by atoms with Crippen LogP contribution in [0.5, 0.6) is 0 Å². The number of aliphatic hydroxyl groups excluding tert-OH is 1. The first-order valence-corrected chi connectivity index (χ1v) is 7.24. The van der Waals surface area contributed by atoms with Crippen molar-refractivity contribution in [2.75, 3.05) is 6.54 Å². The van der Waals surface area contributed by atoms with Crippen LogP contribution in [-0.2, 0) is 0 Å². The van der Waals surface area contributed by atoms with Gasteiger partial charge in [-0.05, 0) is 30.0 Å². The zero-order chi connectivity index (χ0) is 14.4. The lowest BCUT2D eigenvalue weighted by atomic mass is 9.95. The number of nitrogens with one attached hydrogen (secondary N) is 1. The molecule has 2 heteroatoms. The van der Waals surface area contributed by atoms with Crippen LogP contribution in [0.15, 0.2) is 54.6 Å². The van der Waals surface area contributed by atoms with Gasteiger partial charge in [-0.1, -0.05) is 61.5 Å². The Labute approximate surface area is 121 Å². The van der Waals surface area contributed by atoms with E-state index in [1.165, 1.54) is 16.7 Å². The van der Waals surface area contributed by atoms with Crippen molar-refractivity contribution < 1.29 is 5.11 Å². The van der Waals surface area contributed by atoms with Gasteiger partial charge in [0, 0.05) is 6.54 Å². The summed E-state index contributed by atoms with van der Waals surface area (Å²) >= 11 is 0. The average molecular weight is 269 g/mol. The summed E-state index contributed by atoms with van der Waals surface area (Å²) < 4.78 is 0. The molecule has 0 spiro atoms. The van der Waals surface area contributed by atoms with Gasteiger partial charge in [0.25, 0.3) is 0 Å². The van der Waals surface area contributed by atoms with E-state index in [0.29, 0.717) is 6.54 Å². The molecule has 0 amide bonds. The Morgan fingerprint density at radius 3 is 2.30 bits per heavy atom. The Morgan fingerprint density at radius 1 is 1.00 bits per heavy atom. The smallest absolute Gasteiger partial charge is 0.0662 e. The molecule has 0 aromatic heterocycles. The van der Waals surface area contributed by atoms with Crippen molar-refractivity contribution in [3.8, 4) is 0 Å². The van der Waals surface area contributed by atoms with Crippen molar-refractivity contribution in [3.63, 3.8) is 0 Å². The maximum absolute atomic E-state index is 9.81. The van der Waals surface area contributed by atoms with E-state index in [2.05, 4.69) is 60.8 Å². The molecule has 0 radical (unpaired) electrons. The molecule has 0 saturated carbocycles. The second-order valence-corrected chi connectivity index (χ2v) is 5.17. The Bertz CT molecular complexity index is 524. The molecule has 0 saturated heterocycles. The van der Waals surface area contributed by atoms with E-state index in [0.717, 1.165) is 6.42 Å². The second kappa shape index (κ2) is 7.22. The van der Waals surface area contributed by atoms with Gasteiger partial charge in [0.2, 0.25) is 0 Å². The molecular formula is C18H23NO. The Hall–Kier alpha value is -1.64. The number of aryl methyl sites for hydroxylation is 1. The third-order valence-electron chi connectivity index (χ3n) is 3.66. The van der Waals surface area contributed by atoms with Crippen molar-refractivity contribution in [1.82, 2.24) is 5.32 Å². The summed E-state index contributed by atoms with van der Waals surface area (Å²) in [6.07, 6.45) is 0.465. The summed E-state index contributed by atoms with van der Waals surface area (Å²) in [5, 5.41) is 13.3. The summed E-state index contributed by atoms with van der Waals surface area (Å²) in [5.74, 6) is 0. The van der Waals surface area contributed by atoms with Gasteiger partial charge in [0.15, 0.2) is 0 Å². The van der Waals surface area contributed by atoms with Gasteiger partial charge in [-0.2, -0.15) is 0 Å². The number of benzene rings is 2. The molecule has 0 aliphatic rings. The molecule has 106 valence electrons. The van der Waals surface area contributed by atoms with E-state index in [4.69, 9.17) is 0 Å². The molecule has 0 aliphatic heterocycles. The second-order valence-electron chi connectivity index (χ2n) is 5.17. The molecule has 20 heavy (non-hydrogen) atoms. The predicted octanol–water partition coefficient (Wildman–Crippen LogP) is 3.44. The average Bonchev–Trinajstić information content (AvgIpc) is 2.50. The van der Waals surface area contributed by atoms with Crippen LogP contribution in [0.4, 0.5) is 0 Å². The Morgan fingerprint density at radius 2 is 1.65 bits per heavy atom. The summed E-state index contributed by atoms with van der Waals surface area (Å²) in [4.78, 5) is 0. The highest BCUT2D eigenvalue weighted by atomic mass is 16.3. The Kier molecular flexibility index (Phi) is 5.33. The highest BCUT2D eigenvalue weighted by Gasteiger charge is 2.16. The molecule has 0 aliphatic carbocycles. The van der Waals surface area contributed by atoms with E-state index in [9.17, 15) is 5.11 Å². The molecule has 2 aromatic carbocycles. The fourth-order valence-electron chi connectivity index (χ4n) is 2.36. The number of rotatable bonds is 6. The molecule has 2 N–H and O–H groups in total. The number of aliphatic hydroxyl groups is 1. The minimum atomic E-state index is -0.301. The first-order chi connectivity index (χ1) is 9.72. The molecule has 0 bridgehead atoms. The standard InChI is InChI=1S/C18H23NO/c1-3-16(20)13-19-18(15-10-5-4-6-11-15)17-12-8-7-9-14(17)2/h4-12,16,18-20H,3,13H2,1-2H3. The molecule has 2 aromatic rings. The lowest BCUT2D eigenvalue weighted by Crippen LogP contribution is -2.31. The lowest BCUT2D eigenvalue weighted by molar-refractivity contribution is 0.164. The fourth-order valence-corrected chi connectivity index (χ4v) is 2.36. The van der Waals surface area contributed by atoms with E-state index in [1.807, 2.05) is 13.0 Å². The van der Waals surface area contributed by atoms with Crippen molar-refractivity contribution >= 4 is 0 Å². The summed E-state index contributed by atoms with van der Waals surface area (Å²) in [7, 11) is 0. The molecule has 0 fully saturated rings. The maximum Gasteiger partial charge on any atom is 0.0662 e. The SMILES string of the molecule is CCC(O)CNC(c1ccccc1)c1ccccc1C. The van der Waals surface area contributed by atoms with Crippen LogP contribution in [0.3, 0.4) is 0 Å². The van der Waals surface area contributed by atoms with Gasteiger partial charge in [-0.3, -0.25) is 0 Å². The van der Waals surface area contributed by atoms with Gasteiger partial charge in [-0.25, -0.2) is 0 Å².